The molecule has 0 aliphatic heterocycles. The number of benzene rings is 1. The molecule has 2 heterocycles. The molecule has 118 valence electrons. The van der Waals surface area contributed by atoms with Crippen LogP contribution in [-0.4, -0.2) is 20.6 Å². The number of aryl methyl sites for hydroxylation is 2. The van der Waals surface area contributed by atoms with Crippen molar-refractivity contribution in [3.05, 3.63) is 60.0 Å². The molecule has 0 spiro atoms. The smallest absolute Gasteiger partial charge is 0.224 e. The lowest BCUT2D eigenvalue weighted by Crippen LogP contribution is -2.12. The second kappa shape index (κ2) is 6.48. The molecule has 0 unspecified atom stereocenters. The lowest BCUT2D eigenvalue weighted by atomic mass is 10.1. The minimum Gasteiger partial charge on any atom is -0.361 e. The zero-order chi connectivity index (χ0) is 16.2. The number of amides is 1. The first-order chi connectivity index (χ1) is 11.1. The van der Waals surface area contributed by atoms with Crippen molar-refractivity contribution in [1.29, 1.82) is 0 Å². The van der Waals surface area contributed by atoms with Crippen molar-refractivity contribution >= 4 is 11.6 Å². The van der Waals surface area contributed by atoms with Crippen molar-refractivity contribution < 1.29 is 9.32 Å². The highest BCUT2D eigenvalue weighted by Crippen LogP contribution is 2.16. The van der Waals surface area contributed by atoms with Crippen LogP contribution in [0.5, 0.6) is 0 Å². The number of aromatic nitrogens is 3. The van der Waals surface area contributed by atoms with Gasteiger partial charge in [0.05, 0.1) is 12.0 Å². The average molecular weight is 310 g/mol. The number of rotatable bonds is 5. The molecule has 0 aliphatic carbocycles. The van der Waals surface area contributed by atoms with E-state index in [1.54, 1.807) is 12.5 Å². The number of hydrogen-bond acceptors (Lipinski definition) is 4. The van der Waals surface area contributed by atoms with Crippen molar-refractivity contribution in [1.82, 2.24) is 14.7 Å². The molecule has 3 rings (SSSR count). The molecule has 3 aromatic rings. The Balaban J connectivity index is 1.58. The highest BCUT2D eigenvalue weighted by Gasteiger charge is 2.11. The highest BCUT2D eigenvalue weighted by atomic mass is 16.5. The third-order valence-electron chi connectivity index (χ3n) is 3.74. The van der Waals surface area contributed by atoms with Crippen LogP contribution < -0.4 is 5.32 Å². The number of hydrogen-bond donors (Lipinski definition) is 1. The lowest BCUT2D eigenvalue weighted by Gasteiger charge is -2.07. The van der Waals surface area contributed by atoms with Gasteiger partial charge in [-0.2, -0.15) is 0 Å². The van der Waals surface area contributed by atoms with Gasteiger partial charge in [-0.05, 0) is 44.5 Å². The van der Waals surface area contributed by atoms with Gasteiger partial charge in [-0.15, -0.1) is 0 Å². The largest absolute Gasteiger partial charge is 0.361 e. The fourth-order valence-corrected chi connectivity index (χ4v) is 2.45. The Morgan fingerprint density at radius 3 is 2.65 bits per heavy atom. The van der Waals surface area contributed by atoms with Crippen LogP contribution in [0.4, 0.5) is 5.69 Å². The van der Waals surface area contributed by atoms with Gasteiger partial charge in [0, 0.05) is 35.8 Å². The van der Waals surface area contributed by atoms with Gasteiger partial charge in [0.15, 0.2) is 0 Å². The van der Waals surface area contributed by atoms with Crippen LogP contribution in [0.1, 0.15) is 23.4 Å². The van der Waals surface area contributed by atoms with E-state index < -0.39 is 0 Å². The SMILES string of the molecule is Cc1noc(C)c1CCC(=O)Nc1ccc(-n2ccnc2)cc1. The number of imidazole rings is 1. The third-order valence-corrected chi connectivity index (χ3v) is 3.74. The minimum atomic E-state index is -0.0274. The molecular weight excluding hydrogens is 292 g/mol. The van der Waals surface area contributed by atoms with Crippen LogP contribution in [-0.2, 0) is 11.2 Å². The highest BCUT2D eigenvalue weighted by molar-refractivity contribution is 5.90. The van der Waals surface area contributed by atoms with Crippen molar-refractivity contribution in [3.8, 4) is 5.69 Å². The van der Waals surface area contributed by atoms with E-state index in [4.69, 9.17) is 4.52 Å². The van der Waals surface area contributed by atoms with E-state index in [1.807, 2.05) is 48.9 Å². The Morgan fingerprint density at radius 1 is 1.26 bits per heavy atom. The average Bonchev–Trinajstić information content (AvgIpc) is 3.17. The van der Waals surface area contributed by atoms with Crippen LogP contribution >= 0.6 is 0 Å². The molecule has 0 saturated heterocycles. The summed E-state index contributed by atoms with van der Waals surface area (Å²) in [5.74, 6) is 0.750. The standard InChI is InChI=1S/C17H18N4O2/c1-12-16(13(2)23-20-12)7-8-17(22)19-14-3-5-15(6-4-14)21-10-9-18-11-21/h3-6,9-11H,7-8H2,1-2H3,(H,19,22). The topological polar surface area (TPSA) is 73.0 Å². The summed E-state index contributed by atoms with van der Waals surface area (Å²) in [6.45, 7) is 3.75. The molecule has 23 heavy (non-hydrogen) atoms. The molecule has 1 amide bonds. The van der Waals surface area contributed by atoms with Crippen molar-refractivity contribution in [2.24, 2.45) is 0 Å². The molecule has 0 bridgehead atoms. The molecule has 1 aromatic carbocycles. The molecule has 0 fully saturated rings. The molecule has 6 heteroatoms. The summed E-state index contributed by atoms with van der Waals surface area (Å²) in [5.41, 5.74) is 3.63. The van der Waals surface area contributed by atoms with Gasteiger partial charge in [-0.3, -0.25) is 4.79 Å². The summed E-state index contributed by atoms with van der Waals surface area (Å²) in [6.07, 6.45) is 6.35. The second-order valence-corrected chi connectivity index (χ2v) is 5.37. The zero-order valence-corrected chi connectivity index (χ0v) is 13.1. The van der Waals surface area contributed by atoms with Gasteiger partial charge < -0.3 is 14.4 Å². The number of nitrogens with one attached hydrogen (secondary N) is 1. The van der Waals surface area contributed by atoms with Crippen molar-refractivity contribution in [2.75, 3.05) is 5.32 Å². The van der Waals surface area contributed by atoms with Gasteiger partial charge in [0.1, 0.15) is 5.76 Å². The summed E-state index contributed by atoms with van der Waals surface area (Å²) in [4.78, 5) is 16.1. The van der Waals surface area contributed by atoms with Crippen LogP contribution in [0.15, 0.2) is 47.5 Å². The predicted molar refractivity (Wildman–Crippen MR) is 86.5 cm³/mol. The number of carbonyl (C=O) groups excluding carboxylic acids is 1. The Hall–Kier alpha value is -2.89. The Morgan fingerprint density at radius 2 is 2.04 bits per heavy atom. The predicted octanol–water partition coefficient (Wildman–Crippen LogP) is 3.05. The molecule has 0 atom stereocenters. The van der Waals surface area contributed by atoms with E-state index in [1.165, 1.54) is 0 Å². The van der Waals surface area contributed by atoms with Crippen LogP contribution in [0.3, 0.4) is 0 Å². The van der Waals surface area contributed by atoms with Gasteiger partial charge >= 0.3 is 0 Å². The van der Waals surface area contributed by atoms with Crippen LogP contribution in [0.2, 0.25) is 0 Å². The van der Waals surface area contributed by atoms with Crippen molar-refractivity contribution in [3.63, 3.8) is 0 Å². The summed E-state index contributed by atoms with van der Waals surface area (Å²) < 4.78 is 7.01. The van der Waals surface area contributed by atoms with Gasteiger partial charge in [0.25, 0.3) is 0 Å². The molecule has 1 N–H and O–H groups in total. The van der Waals surface area contributed by atoms with E-state index in [0.29, 0.717) is 12.8 Å². The maximum Gasteiger partial charge on any atom is 0.224 e. The first-order valence-corrected chi connectivity index (χ1v) is 7.43. The Labute approximate surface area is 134 Å². The molecular formula is C17H18N4O2. The number of anilines is 1. The monoisotopic (exact) mass is 310 g/mol. The maximum atomic E-state index is 12.1. The maximum absolute atomic E-state index is 12.1. The fraction of sp³-hybridized carbons (Fsp3) is 0.235. The normalized spacial score (nSPS) is 10.7. The zero-order valence-electron chi connectivity index (χ0n) is 13.1. The Kier molecular flexibility index (Phi) is 4.23. The van der Waals surface area contributed by atoms with E-state index in [-0.39, 0.29) is 5.91 Å². The third kappa shape index (κ3) is 3.48. The summed E-state index contributed by atoms with van der Waals surface area (Å²) in [6, 6.07) is 7.63. The molecule has 0 saturated carbocycles. The first kappa shape index (κ1) is 15.0. The summed E-state index contributed by atoms with van der Waals surface area (Å²) in [7, 11) is 0. The van der Waals surface area contributed by atoms with Crippen LogP contribution in [0.25, 0.3) is 5.69 Å². The second-order valence-electron chi connectivity index (χ2n) is 5.37. The molecule has 0 radical (unpaired) electrons. The van der Waals surface area contributed by atoms with E-state index in [2.05, 4.69) is 15.5 Å². The van der Waals surface area contributed by atoms with E-state index in [0.717, 1.165) is 28.4 Å². The fourth-order valence-electron chi connectivity index (χ4n) is 2.45. The van der Waals surface area contributed by atoms with E-state index in [9.17, 15) is 4.79 Å². The lowest BCUT2D eigenvalue weighted by molar-refractivity contribution is -0.116. The first-order valence-electron chi connectivity index (χ1n) is 7.43. The Bertz CT molecular complexity index is 769. The number of carbonyl (C=O) groups is 1. The quantitative estimate of drug-likeness (QED) is 0.786. The van der Waals surface area contributed by atoms with Crippen LogP contribution in [0, 0.1) is 13.8 Å². The van der Waals surface area contributed by atoms with Gasteiger partial charge in [-0.1, -0.05) is 5.16 Å². The van der Waals surface area contributed by atoms with E-state index >= 15 is 0 Å². The minimum absolute atomic E-state index is 0.0274. The molecule has 0 aliphatic rings. The van der Waals surface area contributed by atoms with Gasteiger partial charge in [-0.25, -0.2) is 4.98 Å². The molecule has 6 nitrogen and oxygen atoms in total. The van der Waals surface area contributed by atoms with Crippen molar-refractivity contribution in [2.45, 2.75) is 26.7 Å². The molecule has 2 aromatic heterocycles. The summed E-state index contributed by atoms with van der Waals surface area (Å²) >= 11 is 0. The summed E-state index contributed by atoms with van der Waals surface area (Å²) in [5, 5.41) is 6.80. The van der Waals surface area contributed by atoms with Gasteiger partial charge in [0.2, 0.25) is 5.91 Å². The number of nitrogens with zero attached hydrogens (tertiary/aromatic N) is 3.